The summed E-state index contributed by atoms with van der Waals surface area (Å²) in [5.41, 5.74) is 2.35. The van der Waals surface area contributed by atoms with Gasteiger partial charge in [0, 0.05) is 6.54 Å². The van der Waals surface area contributed by atoms with Crippen molar-refractivity contribution in [2.45, 2.75) is 32.9 Å². The van der Waals surface area contributed by atoms with Crippen LogP contribution in [0, 0.1) is 0 Å². The minimum atomic E-state index is 0. The summed E-state index contributed by atoms with van der Waals surface area (Å²) in [6.07, 6.45) is 2.44. The lowest BCUT2D eigenvalue weighted by molar-refractivity contribution is -0.00000592. The Labute approximate surface area is 155 Å². The third-order valence-corrected chi connectivity index (χ3v) is 3.97. The van der Waals surface area contributed by atoms with E-state index in [-0.39, 0.29) is 12.4 Å². The molecule has 25 heavy (non-hydrogen) atoms. The van der Waals surface area contributed by atoms with Crippen molar-refractivity contribution >= 4 is 0 Å². The molecule has 1 heterocycles. The highest BCUT2D eigenvalue weighted by Crippen LogP contribution is 2.31. The fourth-order valence-corrected chi connectivity index (χ4v) is 2.58. The van der Waals surface area contributed by atoms with Gasteiger partial charge in [-0.25, -0.2) is 0 Å². The Balaban J connectivity index is 0.00000225. The van der Waals surface area contributed by atoms with E-state index in [4.69, 9.17) is 14.2 Å². The van der Waals surface area contributed by atoms with Crippen LogP contribution in [0.5, 0.6) is 17.2 Å². The first-order valence-corrected chi connectivity index (χ1v) is 8.66. The number of hydrogen-bond donors (Lipinski definition) is 1. The first-order valence-electron chi connectivity index (χ1n) is 8.66. The minimum absolute atomic E-state index is 0. The number of unbranched alkanes of at least 4 members (excludes halogenated alkanes) is 1. The second-order valence-electron chi connectivity index (χ2n) is 5.94. The van der Waals surface area contributed by atoms with Gasteiger partial charge >= 0.3 is 0 Å². The van der Waals surface area contributed by atoms with Crippen LogP contribution in [0.3, 0.4) is 0 Å². The van der Waals surface area contributed by atoms with Gasteiger partial charge in [-0.05, 0) is 48.4 Å². The van der Waals surface area contributed by atoms with Crippen molar-refractivity contribution in [3.8, 4) is 17.2 Å². The van der Waals surface area contributed by atoms with Crippen molar-refractivity contribution in [2.24, 2.45) is 0 Å². The summed E-state index contributed by atoms with van der Waals surface area (Å²) in [6, 6.07) is 14.2. The second-order valence-corrected chi connectivity index (χ2v) is 5.94. The average Bonchev–Trinajstić information content (AvgIpc) is 2.64. The molecule has 5 heteroatoms. The first-order chi connectivity index (χ1) is 11.8. The zero-order chi connectivity index (χ0) is 16.6. The van der Waals surface area contributed by atoms with Crippen LogP contribution in [0.15, 0.2) is 42.5 Å². The predicted octanol–water partition coefficient (Wildman–Crippen LogP) is 0.930. The topological polar surface area (TPSA) is 39.7 Å². The van der Waals surface area contributed by atoms with Crippen LogP contribution in [0.4, 0.5) is 0 Å². The van der Waals surface area contributed by atoms with E-state index in [9.17, 15) is 0 Å². The highest BCUT2D eigenvalue weighted by atomic mass is 35.5. The van der Waals surface area contributed by atoms with Gasteiger partial charge in [0.05, 0.1) is 0 Å². The molecule has 0 bridgehead atoms. The lowest BCUT2D eigenvalue weighted by Gasteiger charge is -2.19. The van der Waals surface area contributed by atoms with Gasteiger partial charge in [0.25, 0.3) is 0 Å². The Morgan fingerprint density at radius 2 is 1.68 bits per heavy atom. The molecule has 0 amide bonds. The van der Waals surface area contributed by atoms with E-state index < -0.39 is 0 Å². The summed E-state index contributed by atoms with van der Waals surface area (Å²) in [5, 5.41) is 3.44. The number of hydrogen-bond acceptors (Lipinski definition) is 4. The Kier molecular flexibility index (Phi) is 7.89. The molecule has 2 aromatic carbocycles. The molecule has 1 aliphatic heterocycles. The van der Waals surface area contributed by atoms with Crippen LogP contribution in [-0.2, 0) is 13.2 Å². The fourth-order valence-electron chi connectivity index (χ4n) is 2.58. The lowest BCUT2D eigenvalue weighted by Crippen LogP contribution is -3.00. The maximum atomic E-state index is 5.86. The predicted molar refractivity (Wildman–Crippen MR) is 94.8 cm³/mol. The monoisotopic (exact) mass is 362 g/mol. The zero-order valence-corrected chi connectivity index (χ0v) is 15.3. The van der Waals surface area contributed by atoms with Gasteiger partial charge in [-0.15, -0.1) is 0 Å². The lowest BCUT2D eigenvalue weighted by atomic mass is 10.2. The van der Waals surface area contributed by atoms with Gasteiger partial charge in [-0.1, -0.05) is 31.5 Å². The molecule has 0 atom stereocenters. The molecule has 4 nitrogen and oxygen atoms in total. The second kappa shape index (κ2) is 10.2. The average molecular weight is 363 g/mol. The summed E-state index contributed by atoms with van der Waals surface area (Å²) in [4.78, 5) is 0. The molecule has 136 valence electrons. The Morgan fingerprint density at radius 1 is 0.960 bits per heavy atom. The molecule has 0 unspecified atom stereocenters. The van der Waals surface area contributed by atoms with Crippen molar-refractivity contribution in [1.82, 2.24) is 5.32 Å². The SMILES string of the molecule is CCCCNCc1ccc(OCc2ccc3c(c2)OCCO3)cc1.[Cl-]. The highest BCUT2D eigenvalue weighted by Gasteiger charge is 2.11. The molecule has 0 saturated carbocycles. The van der Waals surface area contributed by atoms with Crippen molar-refractivity contribution in [3.05, 3.63) is 53.6 Å². The normalized spacial score (nSPS) is 12.4. The van der Waals surface area contributed by atoms with Crippen molar-refractivity contribution < 1.29 is 26.6 Å². The quantitative estimate of drug-likeness (QED) is 0.709. The summed E-state index contributed by atoms with van der Waals surface area (Å²) in [6.45, 7) is 5.91. The number of halogens is 1. The maximum absolute atomic E-state index is 5.86. The van der Waals surface area contributed by atoms with Gasteiger partial charge in [0.15, 0.2) is 11.5 Å². The highest BCUT2D eigenvalue weighted by molar-refractivity contribution is 5.43. The molecular formula is C20H25ClNO3-. The zero-order valence-electron chi connectivity index (χ0n) is 14.6. The molecule has 0 spiro atoms. The number of ether oxygens (including phenoxy) is 3. The smallest absolute Gasteiger partial charge is 0.161 e. The van der Waals surface area contributed by atoms with Gasteiger partial charge in [-0.3, -0.25) is 0 Å². The Morgan fingerprint density at radius 3 is 2.44 bits per heavy atom. The number of benzene rings is 2. The number of nitrogens with one attached hydrogen (secondary N) is 1. The van der Waals surface area contributed by atoms with Crippen LogP contribution in [0.2, 0.25) is 0 Å². The fraction of sp³-hybridized carbons (Fsp3) is 0.400. The standard InChI is InChI=1S/C20H25NO3.ClH/c1-2-3-10-21-14-16-4-7-18(8-5-16)24-15-17-6-9-19-20(13-17)23-12-11-22-19;/h4-9,13,21H,2-3,10-12,14-15H2,1H3;1H/p-1. The summed E-state index contributed by atoms with van der Waals surface area (Å²) < 4.78 is 17.0. The molecule has 2 aromatic rings. The molecule has 0 aromatic heterocycles. The van der Waals surface area contributed by atoms with Crippen LogP contribution in [-0.4, -0.2) is 19.8 Å². The molecule has 0 saturated heterocycles. The van der Waals surface area contributed by atoms with Crippen LogP contribution >= 0.6 is 0 Å². The number of rotatable bonds is 8. The van der Waals surface area contributed by atoms with Crippen molar-refractivity contribution in [3.63, 3.8) is 0 Å². The van der Waals surface area contributed by atoms with Crippen LogP contribution < -0.4 is 31.9 Å². The maximum Gasteiger partial charge on any atom is 0.161 e. The van der Waals surface area contributed by atoms with E-state index in [2.05, 4.69) is 24.4 Å². The van der Waals surface area contributed by atoms with E-state index >= 15 is 0 Å². The van der Waals surface area contributed by atoms with E-state index in [1.165, 1.54) is 18.4 Å². The molecular weight excluding hydrogens is 338 g/mol. The Bertz CT molecular complexity index is 646. The van der Waals surface area contributed by atoms with E-state index in [1.807, 2.05) is 30.3 Å². The molecule has 1 N–H and O–H groups in total. The first kappa shape index (κ1) is 19.4. The molecule has 0 aliphatic carbocycles. The molecule has 0 radical (unpaired) electrons. The molecule has 3 rings (SSSR count). The van der Waals surface area contributed by atoms with Crippen LogP contribution in [0.25, 0.3) is 0 Å². The molecule has 0 fully saturated rings. The number of fused-ring (bicyclic) bond motifs is 1. The van der Waals surface area contributed by atoms with E-state index in [0.29, 0.717) is 19.8 Å². The van der Waals surface area contributed by atoms with Gasteiger partial charge in [0.2, 0.25) is 0 Å². The van der Waals surface area contributed by atoms with Crippen molar-refractivity contribution in [1.29, 1.82) is 0 Å². The third-order valence-electron chi connectivity index (χ3n) is 3.97. The summed E-state index contributed by atoms with van der Waals surface area (Å²) in [5.74, 6) is 2.49. The van der Waals surface area contributed by atoms with Crippen LogP contribution in [0.1, 0.15) is 30.9 Å². The minimum Gasteiger partial charge on any atom is -1.00 e. The van der Waals surface area contributed by atoms with Gasteiger partial charge < -0.3 is 31.9 Å². The Hall–Kier alpha value is -1.91. The van der Waals surface area contributed by atoms with Gasteiger partial charge in [-0.2, -0.15) is 0 Å². The summed E-state index contributed by atoms with van der Waals surface area (Å²) >= 11 is 0. The largest absolute Gasteiger partial charge is 1.00 e. The van der Waals surface area contributed by atoms with Crippen molar-refractivity contribution in [2.75, 3.05) is 19.8 Å². The van der Waals surface area contributed by atoms with E-state index in [1.54, 1.807) is 0 Å². The third kappa shape index (κ3) is 5.83. The van der Waals surface area contributed by atoms with Gasteiger partial charge in [0.1, 0.15) is 25.6 Å². The molecule has 1 aliphatic rings. The van der Waals surface area contributed by atoms with E-state index in [0.717, 1.165) is 35.9 Å². The summed E-state index contributed by atoms with van der Waals surface area (Å²) in [7, 11) is 0.